The molecule has 1 amide bonds. The van der Waals surface area contributed by atoms with Gasteiger partial charge in [0, 0.05) is 20.2 Å². The van der Waals surface area contributed by atoms with E-state index in [2.05, 4.69) is 20.7 Å². The molecule has 1 aromatic carbocycles. The standard InChI is InChI=1S/C15H24N4O4S/c1-16-24(21,22)12-3-4-13(18-7-8-23-2)14(9-12)19-15(20)11-5-6-17-10-11/h3-4,9,11,16-18H,5-8,10H2,1-2H3,(H,19,20). The molecule has 0 aromatic heterocycles. The van der Waals surface area contributed by atoms with Gasteiger partial charge in [0.2, 0.25) is 15.9 Å². The van der Waals surface area contributed by atoms with Crippen LogP contribution in [0.5, 0.6) is 0 Å². The smallest absolute Gasteiger partial charge is 0.240 e. The number of hydrogen-bond acceptors (Lipinski definition) is 6. The SMILES string of the molecule is CNS(=O)(=O)c1ccc(NCCOC)c(NC(=O)C2CCNC2)c1. The van der Waals surface area contributed by atoms with Crippen LogP contribution in [0.1, 0.15) is 6.42 Å². The van der Waals surface area contributed by atoms with Crippen molar-refractivity contribution in [3.05, 3.63) is 18.2 Å². The van der Waals surface area contributed by atoms with E-state index in [0.29, 0.717) is 31.1 Å². The average Bonchev–Trinajstić information content (AvgIpc) is 3.11. The molecule has 1 heterocycles. The minimum atomic E-state index is -3.58. The van der Waals surface area contributed by atoms with E-state index in [0.717, 1.165) is 13.0 Å². The maximum atomic E-state index is 12.4. The van der Waals surface area contributed by atoms with Gasteiger partial charge in [-0.2, -0.15) is 0 Å². The predicted octanol–water partition coefficient (Wildman–Crippen LogP) is 0.201. The van der Waals surface area contributed by atoms with Crippen molar-refractivity contribution in [2.75, 3.05) is 51.0 Å². The molecule has 1 atom stereocenters. The quantitative estimate of drug-likeness (QED) is 0.496. The summed E-state index contributed by atoms with van der Waals surface area (Å²) < 4.78 is 31.3. The van der Waals surface area contributed by atoms with E-state index in [4.69, 9.17) is 4.74 Å². The fourth-order valence-electron chi connectivity index (χ4n) is 2.47. The second-order valence-electron chi connectivity index (χ2n) is 5.51. The molecule has 24 heavy (non-hydrogen) atoms. The van der Waals surface area contributed by atoms with Gasteiger partial charge in [0.1, 0.15) is 0 Å². The van der Waals surface area contributed by atoms with Gasteiger partial charge in [0.15, 0.2) is 0 Å². The van der Waals surface area contributed by atoms with E-state index < -0.39 is 10.0 Å². The lowest BCUT2D eigenvalue weighted by Gasteiger charge is -2.16. The second-order valence-corrected chi connectivity index (χ2v) is 7.40. The van der Waals surface area contributed by atoms with Crippen LogP contribution >= 0.6 is 0 Å². The van der Waals surface area contributed by atoms with Crippen molar-refractivity contribution in [2.24, 2.45) is 5.92 Å². The van der Waals surface area contributed by atoms with Crippen molar-refractivity contribution in [1.82, 2.24) is 10.0 Å². The fourth-order valence-corrected chi connectivity index (χ4v) is 3.22. The second kappa shape index (κ2) is 8.43. The van der Waals surface area contributed by atoms with Crippen LogP contribution in [-0.4, -0.2) is 54.7 Å². The summed E-state index contributed by atoms with van der Waals surface area (Å²) in [6, 6.07) is 4.59. The zero-order chi connectivity index (χ0) is 17.6. The summed E-state index contributed by atoms with van der Waals surface area (Å²) >= 11 is 0. The third-order valence-electron chi connectivity index (χ3n) is 3.88. The van der Waals surface area contributed by atoms with E-state index in [9.17, 15) is 13.2 Å². The molecule has 0 saturated carbocycles. The number of hydrogen-bond donors (Lipinski definition) is 4. The number of amides is 1. The summed E-state index contributed by atoms with van der Waals surface area (Å²) in [5, 5.41) is 9.12. The molecule has 1 aliphatic heterocycles. The number of benzene rings is 1. The molecule has 0 radical (unpaired) electrons. The van der Waals surface area contributed by atoms with E-state index in [-0.39, 0.29) is 16.7 Å². The van der Waals surface area contributed by atoms with Crippen LogP contribution in [0.3, 0.4) is 0 Å². The Morgan fingerprint density at radius 3 is 2.79 bits per heavy atom. The lowest BCUT2D eigenvalue weighted by molar-refractivity contribution is -0.119. The number of methoxy groups -OCH3 is 1. The summed E-state index contributed by atoms with van der Waals surface area (Å²) in [4.78, 5) is 12.5. The molecule has 0 bridgehead atoms. The number of ether oxygens (including phenoxy) is 1. The third-order valence-corrected chi connectivity index (χ3v) is 5.29. The van der Waals surface area contributed by atoms with Crippen LogP contribution in [-0.2, 0) is 19.6 Å². The Bertz CT molecular complexity index is 672. The minimum absolute atomic E-state index is 0.0992. The lowest BCUT2D eigenvalue weighted by Crippen LogP contribution is -2.25. The molecule has 8 nitrogen and oxygen atoms in total. The molecule has 9 heteroatoms. The van der Waals surface area contributed by atoms with E-state index in [1.807, 2.05) is 0 Å². The first kappa shape index (κ1) is 18.7. The lowest BCUT2D eigenvalue weighted by atomic mass is 10.1. The molecule has 1 fully saturated rings. The highest BCUT2D eigenvalue weighted by Gasteiger charge is 2.23. The number of sulfonamides is 1. The van der Waals surface area contributed by atoms with E-state index >= 15 is 0 Å². The average molecular weight is 356 g/mol. The summed E-state index contributed by atoms with van der Waals surface area (Å²) in [5.41, 5.74) is 1.10. The Balaban J connectivity index is 2.24. The predicted molar refractivity (Wildman–Crippen MR) is 92.7 cm³/mol. The molecule has 1 aliphatic rings. The molecule has 1 unspecified atom stereocenters. The number of rotatable bonds is 8. The van der Waals surface area contributed by atoms with Gasteiger partial charge in [-0.3, -0.25) is 4.79 Å². The van der Waals surface area contributed by atoms with Gasteiger partial charge in [-0.25, -0.2) is 13.1 Å². The van der Waals surface area contributed by atoms with Crippen LogP contribution in [0.25, 0.3) is 0 Å². The number of carbonyl (C=O) groups is 1. The van der Waals surface area contributed by atoms with E-state index in [1.54, 1.807) is 13.2 Å². The zero-order valence-corrected chi connectivity index (χ0v) is 14.7. The minimum Gasteiger partial charge on any atom is -0.383 e. The number of anilines is 2. The van der Waals surface area contributed by atoms with Gasteiger partial charge >= 0.3 is 0 Å². The van der Waals surface area contributed by atoms with Crippen LogP contribution in [0, 0.1) is 5.92 Å². The maximum Gasteiger partial charge on any atom is 0.240 e. The highest BCUT2D eigenvalue weighted by molar-refractivity contribution is 7.89. The Hall–Kier alpha value is -1.68. The Morgan fingerprint density at radius 1 is 1.38 bits per heavy atom. The molecule has 0 aliphatic carbocycles. The Kier molecular flexibility index (Phi) is 6.55. The van der Waals surface area contributed by atoms with Gasteiger partial charge in [-0.05, 0) is 38.2 Å². The van der Waals surface area contributed by atoms with Crippen molar-refractivity contribution < 1.29 is 17.9 Å². The molecular weight excluding hydrogens is 332 g/mol. The first-order valence-corrected chi connectivity index (χ1v) is 9.28. The summed E-state index contributed by atoms with van der Waals surface area (Å²) in [6.07, 6.45) is 0.771. The molecule has 0 spiro atoms. The largest absolute Gasteiger partial charge is 0.383 e. The van der Waals surface area contributed by atoms with Gasteiger partial charge in [-0.1, -0.05) is 0 Å². The molecule has 1 saturated heterocycles. The topological polar surface area (TPSA) is 109 Å². The van der Waals surface area contributed by atoms with Crippen molar-refractivity contribution in [1.29, 1.82) is 0 Å². The Morgan fingerprint density at radius 2 is 2.17 bits per heavy atom. The van der Waals surface area contributed by atoms with Crippen molar-refractivity contribution in [3.63, 3.8) is 0 Å². The van der Waals surface area contributed by atoms with Gasteiger partial charge in [0.25, 0.3) is 0 Å². The number of carbonyl (C=O) groups excluding carboxylic acids is 1. The van der Waals surface area contributed by atoms with Crippen molar-refractivity contribution in [3.8, 4) is 0 Å². The van der Waals surface area contributed by atoms with Gasteiger partial charge in [0.05, 0.1) is 28.8 Å². The molecular formula is C15H24N4O4S. The summed E-state index contributed by atoms with van der Waals surface area (Å²) in [7, 11) is -0.637. The van der Waals surface area contributed by atoms with Gasteiger partial charge in [-0.15, -0.1) is 0 Å². The van der Waals surface area contributed by atoms with Crippen molar-refractivity contribution in [2.45, 2.75) is 11.3 Å². The third kappa shape index (κ3) is 4.67. The monoisotopic (exact) mass is 356 g/mol. The van der Waals surface area contributed by atoms with Crippen LogP contribution in [0.2, 0.25) is 0 Å². The summed E-state index contributed by atoms with van der Waals surface area (Å²) in [5.74, 6) is -0.227. The molecule has 134 valence electrons. The molecule has 4 N–H and O–H groups in total. The first-order chi connectivity index (χ1) is 11.5. The van der Waals surface area contributed by atoms with Crippen LogP contribution in [0.15, 0.2) is 23.1 Å². The molecule has 2 rings (SSSR count). The Labute approximate surface area is 142 Å². The van der Waals surface area contributed by atoms with Crippen molar-refractivity contribution >= 4 is 27.3 Å². The normalized spacial score (nSPS) is 17.7. The first-order valence-electron chi connectivity index (χ1n) is 7.80. The van der Waals surface area contributed by atoms with E-state index in [1.165, 1.54) is 19.2 Å². The number of nitrogens with one attached hydrogen (secondary N) is 4. The molecule has 1 aromatic rings. The van der Waals surface area contributed by atoms with Crippen LogP contribution in [0.4, 0.5) is 11.4 Å². The van der Waals surface area contributed by atoms with Crippen LogP contribution < -0.4 is 20.7 Å². The highest BCUT2D eigenvalue weighted by Crippen LogP contribution is 2.26. The zero-order valence-electron chi connectivity index (χ0n) is 13.9. The maximum absolute atomic E-state index is 12.4. The van der Waals surface area contributed by atoms with Gasteiger partial charge < -0.3 is 20.7 Å². The summed E-state index contributed by atoms with van der Waals surface area (Å²) in [6.45, 7) is 2.48. The fraction of sp³-hybridized carbons (Fsp3) is 0.533. The highest BCUT2D eigenvalue weighted by atomic mass is 32.2.